The molecule has 136 valence electrons. The summed E-state index contributed by atoms with van der Waals surface area (Å²) in [5.41, 5.74) is 0. The second-order valence-corrected chi connectivity index (χ2v) is 7.43. The fourth-order valence-corrected chi connectivity index (χ4v) is 4.02. The van der Waals surface area contributed by atoms with Crippen LogP contribution in [-0.4, -0.2) is 55.2 Å². The Morgan fingerprint density at radius 1 is 0.958 bits per heavy atom. The minimum Gasteiger partial charge on any atom is -0.376 e. The summed E-state index contributed by atoms with van der Waals surface area (Å²) < 4.78 is 5.54. The van der Waals surface area contributed by atoms with E-state index in [-0.39, 0.29) is 24.0 Å². The van der Waals surface area contributed by atoms with Crippen molar-refractivity contribution in [2.45, 2.75) is 69.9 Å². The highest BCUT2D eigenvalue weighted by Crippen LogP contribution is 2.20. The van der Waals surface area contributed by atoms with E-state index in [0.29, 0.717) is 25.7 Å². The maximum atomic E-state index is 12.3. The monoisotopic (exact) mass is 337 g/mol. The molecule has 3 rings (SSSR count). The molecule has 0 radical (unpaired) electrons. The van der Waals surface area contributed by atoms with Crippen LogP contribution in [0.15, 0.2) is 0 Å². The molecular weight excluding hydrogens is 306 g/mol. The van der Waals surface area contributed by atoms with Crippen molar-refractivity contribution in [2.24, 2.45) is 5.92 Å². The summed E-state index contributed by atoms with van der Waals surface area (Å²) in [6.45, 7) is 2.80. The predicted molar refractivity (Wildman–Crippen MR) is 91.7 cm³/mol. The third-order valence-corrected chi connectivity index (χ3v) is 5.61. The van der Waals surface area contributed by atoms with E-state index >= 15 is 0 Å². The van der Waals surface area contributed by atoms with Gasteiger partial charge in [-0.15, -0.1) is 0 Å². The van der Waals surface area contributed by atoms with Crippen molar-refractivity contribution in [3.8, 4) is 0 Å². The molecular formula is C18H31N3O3. The number of hydrogen-bond acceptors (Lipinski definition) is 3. The first-order valence-electron chi connectivity index (χ1n) is 9.67. The van der Waals surface area contributed by atoms with E-state index in [4.69, 9.17) is 4.74 Å². The lowest BCUT2D eigenvalue weighted by molar-refractivity contribution is -0.126. The second kappa shape index (κ2) is 8.70. The Kier molecular flexibility index (Phi) is 6.35. The molecule has 0 bridgehead atoms. The summed E-state index contributed by atoms with van der Waals surface area (Å²) in [6, 6.07) is 0.402. The first kappa shape index (κ1) is 17.5. The predicted octanol–water partition coefficient (Wildman–Crippen LogP) is 2.04. The Labute approximate surface area is 144 Å². The van der Waals surface area contributed by atoms with E-state index in [0.717, 1.165) is 45.1 Å². The summed E-state index contributed by atoms with van der Waals surface area (Å²) in [5, 5.41) is 6.19. The van der Waals surface area contributed by atoms with Crippen molar-refractivity contribution in [2.75, 3.05) is 26.2 Å². The molecule has 3 amide bonds. The molecule has 2 heterocycles. The normalized spacial score (nSPS) is 26.3. The third kappa shape index (κ3) is 4.85. The fourth-order valence-electron chi connectivity index (χ4n) is 4.02. The highest BCUT2D eigenvalue weighted by atomic mass is 16.5. The highest BCUT2D eigenvalue weighted by Gasteiger charge is 2.29. The number of likely N-dealkylation sites (tertiary alicyclic amines) is 1. The van der Waals surface area contributed by atoms with Gasteiger partial charge in [-0.25, -0.2) is 4.79 Å². The molecule has 0 aromatic carbocycles. The number of ether oxygens (including phenoxy) is 1. The third-order valence-electron chi connectivity index (χ3n) is 5.61. The summed E-state index contributed by atoms with van der Waals surface area (Å²) in [6.07, 6.45) is 9.78. The fraction of sp³-hybridized carbons (Fsp3) is 0.889. The topological polar surface area (TPSA) is 70.7 Å². The van der Waals surface area contributed by atoms with Crippen LogP contribution < -0.4 is 10.6 Å². The summed E-state index contributed by atoms with van der Waals surface area (Å²) in [4.78, 5) is 26.5. The summed E-state index contributed by atoms with van der Waals surface area (Å²) >= 11 is 0. The molecule has 2 N–H and O–H groups in total. The van der Waals surface area contributed by atoms with E-state index in [1.165, 1.54) is 19.3 Å². The van der Waals surface area contributed by atoms with Crippen LogP contribution in [0.2, 0.25) is 0 Å². The Balaban J connectivity index is 1.35. The van der Waals surface area contributed by atoms with E-state index in [9.17, 15) is 9.59 Å². The van der Waals surface area contributed by atoms with Gasteiger partial charge in [0, 0.05) is 38.2 Å². The lowest BCUT2D eigenvalue weighted by atomic mass is 9.95. The van der Waals surface area contributed by atoms with Gasteiger partial charge >= 0.3 is 6.03 Å². The van der Waals surface area contributed by atoms with E-state index < -0.39 is 0 Å². The molecule has 3 fully saturated rings. The lowest BCUT2D eigenvalue weighted by Crippen LogP contribution is -2.50. The highest BCUT2D eigenvalue weighted by molar-refractivity contribution is 5.79. The van der Waals surface area contributed by atoms with Gasteiger partial charge < -0.3 is 20.3 Å². The number of carbonyl (C=O) groups excluding carboxylic acids is 2. The van der Waals surface area contributed by atoms with Crippen LogP contribution in [0.5, 0.6) is 0 Å². The summed E-state index contributed by atoms with van der Waals surface area (Å²) in [5.74, 6) is 0.156. The van der Waals surface area contributed by atoms with Gasteiger partial charge in [-0.2, -0.15) is 0 Å². The van der Waals surface area contributed by atoms with Crippen LogP contribution in [-0.2, 0) is 9.53 Å². The molecule has 2 saturated heterocycles. The molecule has 1 atom stereocenters. The van der Waals surface area contributed by atoms with E-state index in [1.807, 2.05) is 4.90 Å². The van der Waals surface area contributed by atoms with Crippen molar-refractivity contribution in [1.29, 1.82) is 0 Å². The number of carbonyl (C=O) groups is 2. The van der Waals surface area contributed by atoms with E-state index in [1.54, 1.807) is 0 Å². The largest absolute Gasteiger partial charge is 0.376 e. The number of nitrogens with one attached hydrogen (secondary N) is 2. The van der Waals surface area contributed by atoms with Crippen LogP contribution in [0.1, 0.15) is 57.8 Å². The minimum absolute atomic E-state index is 0.0325. The SMILES string of the molecule is O=C(NCC1CCCO1)C1CCN(C(=O)NC2CCCCC2)CC1. The molecule has 1 unspecified atom stereocenters. The average Bonchev–Trinajstić information content (AvgIpc) is 3.14. The zero-order valence-corrected chi connectivity index (χ0v) is 14.6. The van der Waals surface area contributed by atoms with Gasteiger partial charge in [-0.05, 0) is 38.5 Å². The summed E-state index contributed by atoms with van der Waals surface area (Å²) in [7, 11) is 0. The smallest absolute Gasteiger partial charge is 0.317 e. The van der Waals surface area contributed by atoms with Crippen molar-refractivity contribution < 1.29 is 14.3 Å². The maximum absolute atomic E-state index is 12.3. The molecule has 0 spiro atoms. The number of piperidine rings is 1. The number of nitrogens with zero attached hydrogens (tertiary/aromatic N) is 1. The van der Waals surface area contributed by atoms with Crippen molar-refractivity contribution in [3.05, 3.63) is 0 Å². The van der Waals surface area contributed by atoms with Gasteiger partial charge in [-0.3, -0.25) is 4.79 Å². The van der Waals surface area contributed by atoms with Gasteiger partial charge in [0.15, 0.2) is 0 Å². The zero-order chi connectivity index (χ0) is 16.8. The Hall–Kier alpha value is -1.30. The first-order valence-corrected chi connectivity index (χ1v) is 9.67. The second-order valence-electron chi connectivity index (χ2n) is 7.43. The standard InChI is InChI=1S/C18H31N3O3/c22-17(19-13-16-7-4-12-24-16)14-8-10-21(11-9-14)18(23)20-15-5-2-1-3-6-15/h14-16H,1-13H2,(H,19,22)(H,20,23). The molecule has 6 heteroatoms. The molecule has 1 aliphatic carbocycles. The Bertz CT molecular complexity index is 423. The molecule has 1 saturated carbocycles. The molecule has 24 heavy (non-hydrogen) atoms. The van der Waals surface area contributed by atoms with Gasteiger partial charge in [0.2, 0.25) is 5.91 Å². The van der Waals surface area contributed by atoms with Crippen LogP contribution in [0.4, 0.5) is 4.79 Å². The first-order chi connectivity index (χ1) is 11.7. The van der Waals surface area contributed by atoms with Gasteiger partial charge in [0.05, 0.1) is 6.10 Å². The Morgan fingerprint density at radius 3 is 2.38 bits per heavy atom. The van der Waals surface area contributed by atoms with Gasteiger partial charge in [0.1, 0.15) is 0 Å². The molecule has 3 aliphatic rings. The minimum atomic E-state index is 0.0325. The van der Waals surface area contributed by atoms with E-state index in [2.05, 4.69) is 10.6 Å². The van der Waals surface area contributed by atoms with Crippen molar-refractivity contribution >= 4 is 11.9 Å². The zero-order valence-electron chi connectivity index (χ0n) is 14.6. The molecule has 0 aromatic heterocycles. The van der Waals surface area contributed by atoms with Crippen molar-refractivity contribution in [1.82, 2.24) is 15.5 Å². The number of hydrogen-bond donors (Lipinski definition) is 2. The molecule has 6 nitrogen and oxygen atoms in total. The van der Waals surface area contributed by atoms with Crippen LogP contribution in [0.25, 0.3) is 0 Å². The quantitative estimate of drug-likeness (QED) is 0.825. The number of amides is 3. The number of rotatable bonds is 4. The van der Waals surface area contributed by atoms with Crippen molar-refractivity contribution in [3.63, 3.8) is 0 Å². The maximum Gasteiger partial charge on any atom is 0.317 e. The van der Waals surface area contributed by atoms with Gasteiger partial charge in [0.25, 0.3) is 0 Å². The Morgan fingerprint density at radius 2 is 1.71 bits per heavy atom. The lowest BCUT2D eigenvalue weighted by Gasteiger charge is -2.33. The molecule has 0 aromatic rings. The number of urea groups is 1. The van der Waals surface area contributed by atoms with Crippen LogP contribution in [0.3, 0.4) is 0 Å². The van der Waals surface area contributed by atoms with Crippen LogP contribution in [0, 0.1) is 5.92 Å². The van der Waals surface area contributed by atoms with Gasteiger partial charge in [-0.1, -0.05) is 19.3 Å². The van der Waals surface area contributed by atoms with Crippen LogP contribution >= 0.6 is 0 Å². The molecule has 2 aliphatic heterocycles. The average molecular weight is 337 g/mol.